The van der Waals surface area contributed by atoms with Gasteiger partial charge in [0, 0.05) is 12.4 Å². The molecule has 0 saturated heterocycles. The Morgan fingerprint density at radius 2 is 1.94 bits per heavy atom. The second-order valence-electron chi connectivity index (χ2n) is 4.50. The van der Waals surface area contributed by atoms with Gasteiger partial charge in [-0.1, -0.05) is 24.6 Å². The van der Waals surface area contributed by atoms with E-state index in [2.05, 4.69) is 45.3 Å². The number of pyridine rings is 1. The van der Waals surface area contributed by atoms with E-state index in [-0.39, 0.29) is 0 Å². The summed E-state index contributed by atoms with van der Waals surface area (Å²) in [5.74, 6) is 0. The summed E-state index contributed by atoms with van der Waals surface area (Å²) in [6, 6.07) is 2.19. The zero-order valence-electron chi connectivity index (χ0n) is 10.8. The van der Waals surface area contributed by atoms with Crippen LogP contribution in [0.1, 0.15) is 45.2 Å². The summed E-state index contributed by atoms with van der Waals surface area (Å²) in [6.45, 7) is 12.7. The van der Waals surface area contributed by atoms with Gasteiger partial charge in [0.05, 0.1) is 0 Å². The van der Waals surface area contributed by atoms with E-state index >= 15 is 0 Å². The number of allylic oxidation sites excluding steroid dienone is 3. The van der Waals surface area contributed by atoms with Gasteiger partial charge in [0.25, 0.3) is 0 Å². The highest BCUT2D eigenvalue weighted by atomic mass is 14.6. The predicted octanol–water partition coefficient (Wildman–Crippen LogP) is 4.40. The van der Waals surface area contributed by atoms with E-state index in [1.165, 1.54) is 22.3 Å². The second-order valence-corrected chi connectivity index (χ2v) is 4.50. The maximum absolute atomic E-state index is 4.25. The molecule has 1 rings (SSSR count). The lowest BCUT2D eigenvalue weighted by atomic mass is 9.98. The van der Waals surface area contributed by atoms with Crippen LogP contribution in [0.3, 0.4) is 0 Å². The Labute approximate surface area is 98.9 Å². The molecule has 0 aliphatic rings. The summed E-state index contributed by atoms with van der Waals surface area (Å²) >= 11 is 0. The number of aromatic nitrogens is 1. The lowest BCUT2D eigenvalue weighted by Crippen LogP contribution is -1.90. The fourth-order valence-corrected chi connectivity index (χ4v) is 1.47. The first-order valence-electron chi connectivity index (χ1n) is 5.79. The zero-order valence-corrected chi connectivity index (χ0v) is 10.8. The first kappa shape index (κ1) is 12.7. The molecule has 1 heterocycles. The van der Waals surface area contributed by atoms with Crippen LogP contribution in [0.5, 0.6) is 0 Å². The van der Waals surface area contributed by atoms with Crippen LogP contribution in [-0.2, 0) is 6.42 Å². The number of hydrogen-bond acceptors (Lipinski definition) is 1. The highest BCUT2D eigenvalue weighted by molar-refractivity contribution is 5.65. The van der Waals surface area contributed by atoms with Gasteiger partial charge in [0.2, 0.25) is 0 Å². The Balaban J connectivity index is 2.85. The van der Waals surface area contributed by atoms with Crippen LogP contribution < -0.4 is 0 Å². The Morgan fingerprint density at radius 1 is 1.25 bits per heavy atom. The topological polar surface area (TPSA) is 12.9 Å². The summed E-state index contributed by atoms with van der Waals surface area (Å²) in [5.41, 5.74) is 6.36. The lowest BCUT2D eigenvalue weighted by Gasteiger charge is -2.08. The SMILES string of the molecule is C=C(CC(C)=C(C)C)c1cncc(CC)c1. The van der Waals surface area contributed by atoms with Gasteiger partial charge >= 0.3 is 0 Å². The lowest BCUT2D eigenvalue weighted by molar-refractivity contribution is 1.09. The molecule has 0 bridgehead atoms. The molecule has 1 heteroatoms. The fourth-order valence-electron chi connectivity index (χ4n) is 1.47. The summed E-state index contributed by atoms with van der Waals surface area (Å²) in [6.07, 6.45) is 5.79. The van der Waals surface area contributed by atoms with Gasteiger partial charge in [0.15, 0.2) is 0 Å². The highest BCUT2D eigenvalue weighted by Crippen LogP contribution is 2.22. The summed E-state index contributed by atoms with van der Waals surface area (Å²) < 4.78 is 0. The van der Waals surface area contributed by atoms with Crippen molar-refractivity contribution in [2.45, 2.75) is 40.5 Å². The fraction of sp³-hybridized carbons (Fsp3) is 0.400. The molecule has 1 aromatic heterocycles. The summed E-state index contributed by atoms with van der Waals surface area (Å²) in [7, 11) is 0. The normalized spacial score (nSPS) is 10.0. The van der Waals surface area contributed by atoms with Crippen molar-refractivity contribution in [3.63, 3.8) is 0 Å². The van der Waals surface area contributed by atoms with Crippen molar-refractivity contribution < 1.29 is 0 Å². The number of rotatable bonds is 4. The van der Waals surface area contributed by atoms with Gasteiger partial charge in [-0.15, -0.1) is 0 Å². The molecule has 0 unspecified atom stereocenters. The van der Waals surface area contributed by atoms with Crippen molar-refractivity contribution in [2.24, 2.45) is 0 Å². The largest absolute Gasteiger partial charge is 0.264 e. The third-order valence-corrected chi connectivity index (χ3v) is 2.94. The quantitative estimate of drug-likeness (QED) is 0.678. The third-order valence-electron chi connectivity index (χ3n) is 2.94. The molecule has 86 valence electrons. The molecule has 0 aromatic carbocycles. The molecule has 0 atom stereocenters. The second kappa shape index (κ2) is 5.64. The molecule has 1 aromatic rings. The van der Waals surface area contributed by atoms with Crippen LogP contribution in [0.25, 0.3) is 5.57 Å². The van der Waals surface area contributed by atoms with Crippen molar-refractivity contribution in [3.8, 4) is 0 Å². The Kier molecular flexibility index (Phi) is 4.48. The van der Waals surface area contributed by atoms with E-state index in [1.807, 2.05) is 12.4 Å². The van der Waals surface area contributed by atoms with Gasteiger partial charge in [-0.05, 0) is 56.4 Å². The van der Waals surface area contributed by atoms with E-state index in [0.717, 1.165) is 18.4 Å². The molecule has 0 aliphatic carbocycles. The van der Waals surface area contributed by atoms with Crippen LogP contribution in [-0.4, -0.2) is 4.98 Å². The Hall–Kier alpha value is -1.37. The number of aryl methyl sites for hydroxylation is 1. The molecular formula is C15H21N. The van der Waals surface area contributed by atoms with Crippen molar-refractivity contribution >= 4 is 5.57 Å². The molecule has 0 fully saturated rings. The molecule has 1 nitrogen and oxygen atoms in total. The van der Waals surface area contributed by atoms with Gasteiger partial charge in [-0.25, -0.2) is 0 Å². The molecular weight excluding hydrogens is 194 g/mol. The maximum Gasteiger partial charge on any atom is 0.0343 e. The van der Waals surface area contributed by atoms with Crippen molar-refractivity contribution in [3.05, 3.63) is 47.3 Å². The zero-order chi connectivity index (χ0) is 12.1. The Morgan fingerprint density at radius 3 is 2.50 bits per heavy atom. The molecule has 0 spiro atoms. The molecule has 16 heavy (non-hydrogen) atoms. The standard InChI is InChI=1S/C15H21N/c1-6-14-8-15(10-16-9-14)13(5)7-12(4)11(2)3/h8-10H,5-7H2,1-4H3. The molecule has 0 aliphatic heterocycles. The molecule has 0 saturated carbocycles. The first-order chi connectivity index (χ1) is 7.54. The minimum absolute atomic E-state index is 0.942. The maximum atomic E-state index is 4.25. The van der Waals surface area contributed by atoms with Crippen LogP contribution in [0.2, 0.25) is 0 Å². The van der Waals surface area contributed by atoms with E-state index in [9.17, 15) is 0 Å². The number of hydrogen-bond donors (Lipinski definition) is 0. The average molecular weight is 215 g/mol. The summed E-state index contributed by atoms with van der Waals surface area (Å²) in [4.78, 5) is 4.25. The smallest absolute Gasteiger partial charge is 0.0343 e. The minimum Gasteiger partial charge on any atom is -0.264 e. The van der Waals surface area contributed by atoms with E-state index < -0.39 is 0 Å². The van der Waals surface area contributed by atoms with Crippen LogP contribution in [0, 0.1) is 0 Å². The van der Waals surface area contributed by atoms with Gasteiger partial charge in [-0.3, -0.25) is 4.98 Å². The van der Waals surface area contributed by atoms with Gasteiger partial charge in [0.1, 0.15) is 0 Å². The minimum atomic E-state index is 0.942. The van der Waals surface area contributed by atoms with Crippen LogP contribution in [0.15, 0.2) is 36.2 Å². The van der Waals surface area contributed by atoms with Gasteiger partial charge < -0.3 is 0 Å². The third kappa shape index (κ3) is 3.34. The summed E-state index contributed by atoms with van der Waals surface area (Å²) in [5, 5.41) is 0. The van der Waals surface area contributed by atoms with E-state index in [0.29, 0.717) is 0 Å². The van der Waals surface area contributed by atoms with Crippen molar-refractivity contribution in [2.75, 3.05) is 0 Å². The molecule has 0 N–H and O–H groups in total. The monoisotopic (exact) mass is 215 g/mol. The van der Waals surface area contributed by atoms with E-state index in [4.69, 9.17) is 0 Å². The van der Waals surface area contributed by atoms with Crippen molar-refractivity contribution in [1.82, 2.24) is 4.98 Å². The first-order valence-corrected chi connectivity index (χ1v) is 5.79. The predicted molar refractivity (Wildman–Crippen MR) is 71.3 cm³/mol. The van der Waals surface area contributed by atoms with Crippen molar-refractivity contribution in [1.29, 1.82) is 0 Å². The Bertz CT molecular complexity index is 409. The van der Waals surface area contributed by atoms with Crippen LogP contribution in [0.4, 0.5) is 0 Å². The van der Waals surface area contributed by atoms with Gasteiger partial charge in [-0.2, -0.15) is 0 Å². The molecule has 0 amide bonds. The molecule has 0 radical (unpaired) electrons. The van der Waals surface area contributed by atoms with E-state index in [1.54, 1.807) is 0 Å². The highest BCUT2D eigenvalue weighted by Gasteiger charge is 2.02. The number of nitrogens with zero attached hydrogens (tertiary/aromatic N) is 1. The average Bonchev–Trinajstić information content (AvgIpc) is 2.28. The van der Waals surface area contributed by atoms with Crippen LogP contribution >= 0.6 is 0 Å².